The molecule has 1 atom stereocenters. The molecule has 3 aromatic carbocycles. The number of amides is 4. The maximum absolute atomic E-state index is 13.7. The Kier molecular flexibility index (Phi) is 17.3. The van der Waals surface area contributed by atoms with E-state index in [1.165, 1.54) is 0 Å². The summed E-state index contributed by atoms with van der Waals surface area (Å²) < 4.78 is 31.7. The molecule has 60 heavy (non-hydrogen) atoms. The van der Waals surface area contributed by atoms with Gasteiger partial charge in [0, 0.05) is 59.4 Å². The van der Waals surface area contributed by atoms with Crippen molar-refractivity contribution >= 4 is 47.1 Å². The van der Waals surface area contributed by atoms with Crippen LogP contribution in [-0.4, -0.2) is 110 Å². The molecule has 1 aromatic heterocycles. The number of carbonyl (C=O) groups excluding carboxylic acids is 3. The summed E-state index contributed by atoms with van der Waals surface area (Å²) in [5.41, 5.74) is 4.17. The zero-order valence-corrected chi connectivity index (χ0v) is 33.6. The summed E-state index contributed by atoms with van der Waals surface area (Å²) in [5.74, 6) is -3.20. The predicted molar refractivity (Wildman–Crippen MR) is 216 cm³/mol. The fourth-order valence-electron chi connectivity index (χ4n) is 6.49. The molecule has 0 aliphatic heterocycles. The molecule has 0 radical (unpaired) electrons. The van der Waals surface area contributed by atoms with Gasteiger partial charge in [0.2, 0.25) is 17.6 Å². The molecule has 4 aromatic rings. The molecule has 1 fully saturated rings. The molecule has 20 heteroatoms. The highest BCUT2D eigenvalue weighted by Gasteiger charge is 2.38. The minimum absolute atomic E-state index is 0.174. The molecule has 1 saturated carbocycles. The average molecular weight is 858 g/mol. The van der Waals surface area contributed by atoms with E-state index in [2.05, 4.69) is 60.6 Å². The normalized spacial score (nSPS) is 15.5. The van der Waals surface area contributed by atoms with Gasteiger partial charge in [-0.25, -0.2) is 9.59 Å². The fraction of sp³-hybridized carbons (Fsp3) is 0.400. The third-order valence-corrected chi connectivity index (χ3v) is 10.2. The smallest absolute Gasteiger partial charge is 0.475 e. The highest BCUT2D eigenvalue weighted by Crippen LogP contribution is 2.31. The Morgan fingerprint density at radius 3 is 2.08 bits per heavy atom. The van der Waals surface area contributed by atoms with Gasteiger partial charge in [0.15, 0.2) is 0 Å². The monoisotopic (exact) mass is 857 g/mol. The molecule has 1 aliphatic rings. The predicted octanol–water partition coefficient (Wildman–Crippen LogP) is 5.63. The maximum atomic E-state index is 13.7. The number of benzene rings is 3. The highest BCUT2D eigenvalue weighted by molar-refractivity contribution is 6.33. The Labute approximate surface area is 348 Å². The molecule has 0 spiro atoms. The molecule has 0 unspecified atom stereocenters. The summed E-state index contributed by atoms with van der Waals surface area (Å²) >= 11 is 6.66. The number of carboxylic acids is 1. The molecule has 4 amide bonds. The fourth-order valence-corrected chi connectivity index (χ4v) is 6.78. The zero-order chi connectivity index (χ0) is 43.8. The number of H-pyrrole nitrogens is 1. The minimum Gasteiger partial charge on any atom is -0.475 e. The van der Waals surface area contributed by atoms with Crippen LogP contribution in [0.4, 0.5) is 23.7 Å². The number of anilines is 1. The summed E-state index contributed by atoms with van der Waals surface area (Å²) in [6, 6.07) is 19.0. The van der Waals surface area contributed by atoms with Crippen molar-refractivity contribution in [3.05, 3.63) is 82.9 Å². The first-order valence-corrected chi connectivity index (χ1v) is 19.6. The Balaban J connectivity index is 0.00000104. The first kappa shape index (κ1) is 46.6. The van der Waals surface area contributed by atoms with E-state index in [9.17, 15) is 32.3 Å². The molecule has 7 N–H and O–H groups in total. The van der Waals surface area contributed by atoms with Gasteiger partial charge in [-0.3, -0.25) is 14.4 Å². The van der Waals surface area contributed by atoms with Crippen molar-refractivity contribution in [3.8, 4) is 22.5 Å². The van der Waals surface area contributed by atoms with Gasteiger partial charge in [0.25, 0.3) is 5.91 Å². The summed E-state index contributed by atoms with van der Waals surface area (Å²) in [7, 11) is 0. The van der Waals surface area contributed by atoms with Gasteiger partial charge in [-0.1, -0.05) is 55.8 Å². The molecule has 322 valence electrons. The van der Waals surface area contributed by atoms with Gasteiger partial charge in [0.1, 0.15) is 6.04 Å². The topological polar surface area (TPSA) is 232 Å². The van der Waals surface area contributed by atoms with Gasteiger partial charge in [-0.2, -0.15) is 18.4 Å². The van der Waals surface area contributed by atoms with Crippen molar-refractivity contribution in [2.75, 3.05) is 38.0 Å². The highest BCUT2D eigenvalue weighted by atomic mass is 35.5. The number of halogens is 4. The lowest BCUT2D eigenvalue weighted by Gasteiger charge is -2.29. The first-order chi connectivity index (χ1) is 28.6. The van der Waals surface area contributed by atoms with Crippen molar-refractivity contribution < 1.29 is 47.4 Å². The Morgan fingerprint density at radius 2 is 1.53 bits per heavy atom. The number of aliphatic carboxylic acids is 1. The van der Waals surface area contributed by atoms with Gasteiger partial charge >= 0.3 is 18.2 Å². The van der Waals surface area contributed by atoms with Crippen molar-refractivity contribution in [2.24, 2.45) is 11.8 Å². The Hall–Kier alpha value is -6.08. The SMILES string of the molecule is CCN(CC)CCNC(=O)c1ccc(-c2ccc(C[C@H](NC(=O)[C@H]3CC[C@H](CNC(=O)O)CC3)C(=O)Nc3ccc(-c4nn[nH]n4)cc3)cc2)c(Cl)c1.O=C(O)C(F)(F)F. The quantitative estimate of drug-likeness (QED) is 0.0730. The van der Waals surface area contributed by atoms with Crippen LogP contribution in [0.15, 0.2) is 66.7 Å². The van der Waals surface area contributed by atoms with Gasteiger partial charge in [-0.05, 0) is 97.4 Å². The number of hydrogen-bond acceptors (Lipinski definition) is 9. The second-order valence-electron chi connectivity index (χ2n) is 13.9. The summed E-state index contributed by atoms with van der Waals surface area (Å²) in [5, 5.41) is 41.8. The number of tetrazole rings is 1. The number of hydrogen-bond donors (Lipinski definition) is 7. The number of carboxylic acid groups (broad SMARTS) is 2. The summed E-state index contributed by atoms with van der Waals surface area (Å²) in [4.78, 5) is 62.0. The van der Waals surface area contributed by atoms with Crippen molar-refractivity contribution in [1.29, 1.82) is 0 Å². The van der Waals surface area contributed by atoms with E-state index in [0.29, 0.717) is 60.9 Å². The van der Waals surface area contributed by atoms with Crippen LogP contribution in [-0.2, 0) is 20.8 Å². The molecule has 1 heterocycles. The number of aromatic nitrogens is 4. The number of nitrogens with zero attached hydrogens (tertiary/aromatic N) is 4. The Morgan fingerprint density at radius 1 is 0.900 bits per heavy atom. The number of rotatable bonds is 16. The third-order valence-electron chi connectivity index (χ3n) is 9.94. The van der Waals surface area contributed by atoms with E-state index in [1.54, 1.807) is 36.4 Å². The van der Waals surface area contributed by atoms with Gasteiger partial charge in [0.05, 0.1) is 0 Å². The van der Waals surface area contributed by atoms with E-state index in [-0.39, 0.29) is 36.0 Å². The largest absolute Gasteiger partial charge is 0.490 e. The van der Waals surface area contributed by atoms with Crippen LogP contribution in [0.1, 0.15) is 55.5 Å². The van der Waals surface area contributed by atoms with E-state index >= 15 is 0 Å². The van der Waals surface area contributed by atoms with Gasteiger partial charge in [-0.15, -0.1) is 10.2 Å². The molecular weight excluding hydrogens is 811 g/mol. The van der Waals surface area contributed by atoms with Crippen LogP contribution >= 0.6 is 11.6 Å². The van der Waals surface area contributed by atoms with E-state index in [1.807, 2.05) is 30.3 Å². The lowest BCUT2D eigenvalue weighted by molar-refractivity contribution is -0.192. The van der Waals surface area contributed by atoms with Crippen LogP contribution in [0.2, 0.25) is 5.02 Å². The Bertz CT molecular complexity index is 2040. The number of aromatic amines is 1. The van der Waals surface area contributed by atoms with Crippen LogP contribution in [0.3, 0.4) is 0 Å². The second kappa shape index (κ2) is 22.3. The molecule has 0 saturated heterocycles. The average Bonchev–Trinajstić information content (AvgIpc) is 3.77. The van der Waals surface area contributed by atoms with Crippen molar-refractivity contribution in [2.45, 2.75) is 58.2 Å². The van der Waals surface area contributed by atoms with E-state index in [0.717, 1.165) is 41.9 Å². The van der Waals surface area contributed by atoms with E-state index < -0.39 is 24.3 Å². The maximum Gasteiger partial charge on any atom is 0.490 e. The second-order valence-corrected chi connectivity index (χ2v) is 14.4. The number of likely N-dealkylation sites (N-methyl/N-ethyl adjacent to an activating group) is 1. The van der Waals surface area contributed by atoms with Crippen LogP contribution in [0.25, 0.3) is 22.5 Å². The minimum atomic E-state index is -5.08. The summed E-state index contributed by atoms with van der Waals surface area (Å²) in [6.07, 6.45) is -3.26. The first-order valence-electron chi connectivity index (χ1n) is 19.2. The molecular formula is C40H47ClF3N9O7. The zero-order valence-electron chi connectivity index (χ0n) is 32.9. The van der Waals surface area contributed by atoms with E-state index in [4.69, 9.17) is 26.6 Å². The van der Waals surface area contributed by atoms with Gasteiger partial charge < -0.3 is 36.4 Å². The molecule has 0 bridgehead atoms. The van der Waals surface area contributed by atoms with Crippen LogP contribution in [0, 0.1) is 11.8 Å². The lowest BCUT2D eigenvalue weighted by Crippen LogP contribution is -2.48. The van der Waals surface area contributed by atoms with Crippen molar-refractivity contribution in [1.82, 2.24) is 41.5 Å². The number of alkyl halides is 3. The van der Waals surface area contributed by atoms with Crippen LogP contribution < -0.4 is 21.3 Å². The number of carbonyl (C=O) groups is 5. The van der Waals surface area contributed by atoms with Crippen LogP contribution in [0.5, 0.6) is 0 Å². The lowest BCUT2D eigenvalue weighted by atomic mass is 9.81. The van der Waals surface area contributed by atoms with Crippen molar-refractivity contribution in [3.63, 3.8) is 0 Å². The molecule has 1 aliphatic carbocycles. The summed E-state index contributed by atoms with van der Waals surface area (Å²) in [6.45, 7) is 7.70. The standard InChI is InChI=1S/C38H46ClN9O5.C2HF3O2/c1-3-48(4-2)20-19-40-35(49)29-15-18-31(32(39)22-29)26-9-5-24(6-10-26)21-33(43-36(50)28-11-7-25(8-12-28)23-41-38(52)53)37(51)42-30-16-13-27(14-17-30)34-44-46-47-45-34;3-2(4,5)1(6)7/h5-6,9-10,13-18,22,25,28,33,41H,3-4,7-8,11-12,19-21,23H2,1-2H3,(H,40,49)(H,42,51)(H,43,50)(H,52,53)(H,44,45,46,47);(H,6,7)/t25-,28-,33-;/m0./s1. The molecule has 16 nitrogen and oxygen atoms in total. The number of nitrogens with one attached hydrogen (secondary N) is 5. The molecule has 5 rings (SSSR count). The third kappa shape index (κ3) is 14.3.